The zero-order chi connectivity index (χ0) is 11.2. The third-order valence-corrected chi connectivity index (χ3v) is 2.13. The largest absolute Gasteiger partial charge is 0.520 e. The normalized spacial score (nSPS) is 11.0. The van der Waals surface area contributed by atoms with Gasteiger partial charge in [-0.3, -0.25) is 0 Å². The van der Waals surface area contributed by atoms with Crippen molar-refractivity contribution in [1.29, 1.82) is 0 Å². The van der Waals surface area contributed by atoms with Gasteiger partial charge in [0, 0.05) is 12.7 Å². The Morgan fingerprint density at radius 1 is 1.07 bits per heavy atom. The summed E-state index contributed by atoms with van der Waals surface area (Å²) in [5.41, 5.74) is 1.07. The number of methoxy groups -OCH3 is 1. The van der Waals surface area contributed by atoms with Crippen molar-refractivity contribution in [2.75, 3.05) is 20.3 Å². The lowest BCUT2D eigenvalue weighted by Crippen LogP contribution is -2.26. The molecule has 0 amide bonds. The topological polar surface area (TPSA) is 27.7 Å². The van der Waals surface area contributed by atoms with Crippen molar-refractivity contribution in [2.24, 2.45) is 0 Å². The maximum Gasteiger partial charge on any atom is 0.263 e. The molecule has 14 heavy (non-hydrogen) atoms. The van der Waals surface area contributed by atoms with Gasteiger partial charge in [0.05, 0.1) is 6.61 Å². The highest BCUT2D eigenvalue weighted by molar-refractivity contribution is 6.70. The summed E-state index contributed by atoms with van der Waals surface area (Å²) in [6.07, 6.45) is 0. The maximum absolute atomic E-state index is 5.79. The molecule has 3 nitrogen and oxygen atoms in total. The van der Waals surface area contributed by atoms with Crippen molar-refractivity contribution < 1.29 is 13.9 Å². The lowest BCUT2D eigenvalue weighted by atomic mass is 10.4. The molecule has 0 fully saturated rings. The van der Waals surface area contributed by atoms with Gasteiger partial charge >= 0.3 is 0 Å². The molecule has 0 rings (SSSR count). The van der Waals surface area contributed by atoms with E-state index < -0.39 is 8.32 Å². The van der Waals surface area contributed by atoms with E-state index in [1.165, 1.54) is 0 Å². The van der Waals surface area contributed by atoms with Gasteiger partial charge in [-0.25, -0.2) is 0 Å². The first-order valence-electron chi connectivity index (χ1n) is 4.85. The third-order valence-electron chi connectivity index (χ3n) is 1.33. The molecule has 0 bridgehead atoms. The van der Waals surface area contributed by atoms with E-state index in [1.807, 2.05) is 13.8 Å². The molecule has 0 saturated carbocycles. The van der Waals surface area contributed by atoms with Crippen molar-refractivity contribution >= 4 is 8.32 Å². The average molecular weight is 218 g/mol. The fraction of sp³-hybridized carbons (Fsp3) is 0.800. The number of allylic oxidation sites excluding steroid dienone is 1. The molecule has 0 N–H and O–H groups in total. The van der Waals surface area contributed by atoms with Crippen LogP contribution in [0.25, 0.3) is 0 Å². The first-order valence-corrected chi connectivity index (χ1v) is 8.26. The van der Waals surface area contributed by atoms with E-state index in [0.717, 1.165) is 5.57 Å². The Morgan fingerprint density at radius 2 is 1.64 bits per heavy atom. The summed E-state index contributed by atoms with van der Waals surface area (Å²) in [5.74, 6) is 0.668. The zero-order valence-electron chi connectivity index (χ0n) is 10.1. The highest BCUT2D eigenvalue weighted by atomic mass is 28.4. The molecule has 0 radical (unpaired) electrons. The molecule has 0 heterocycles. The minimum atomic E-state index is -1.57. The molecule has 4 heteroatoms. The number of rotatable bonds is 6. The fourth-order valence-electron chi connectivity index (χ4n) is 0.772. The summed E-state index contributed by atoms with van der Waals surface area (Å²) in [4.78, 5) is 0. The van der Waals surface area contributed by atoms with Crippen molar-refractivity contribution in [2.45, 2.75) is 33.5 Å². The van der Waals surface area contributed by atoms with Gasteiger partial charge in [0.25, 0.3) is 5.95 Å². The zero-order valence-corrected chi connectivity index (χ0v) is 11.1. The van der Waals surface area contributed by atoms with E-state index >= 15 is 0 Å². The Morgan fingerprint density at radius 3 is 2.00 bits per heavy atom. The van der Waals surface area contributed by atoms with Crippen LogP contribution in [0.2, 0.25) is 19.6 Å². The van der Waals surface area contributed by atoms with E-state index in [4.69, 9.17) is 13.9 Å². The third kappa shape index (κ3) is 6.97. The Bertz CT molecular complexity index is 190. The molecular weight excluding hydrogens is 196 g/mol. The predicted octanol–water partition coefficient (Wildman–Crippen LogP) is 2.75. The summed E-state index contributed by atoms with van der Waals surface area (Å²) in [7, 11) is 0.0907. The molecule has 0 atom stereocenters. The molecule has 0 saturated heterocycles. The Hall–Kier alpha value is -0.483. The molecule has 0 aromatic carbocycles. The van der Waals surface area contributed by atoms with Crippen LogP contribution in [0.3, 0.4) is 0 Å². The number of hydrogen-bond donors (Lipinski definition) is 0. The quantitative estimate of drug-likeness (QED) is 0.390. The second kappa shape index (κ2) is 6.09. The van der Waals surface area contributed by atoms with Crippen LogP contribution in [0.4, 0.5) is 0 Å². The Kier molecular flexibility index (Phi) is 5.88. The van der Waals surface area contributed by atoms with E-state index in [-0.39, 0.29) is 0 Å². The van der Waals surface area contributed by atoms with Crippen LogP contribution in [-0.2, 0) is 13.9 Å². The van der Waals surface area contributed by atoms with Crippen LogP contribution < -0.4 is 0 Å². The van der Waals surface area contributed by atoms with Crippen molar-refractivity contribution in [1.82, 2.24) is 0 Å². The highest BCUT2D eigenvalue weighted by Gasteiger charge is 2.19. The van der Waals surface area contributed by atoms with Crippen molar-refractivity contribution in [3.63, 3.8) is 0 Å². The molecule has 0 spiro atoms. The first kappa shape index (κ1) is 13.5. The van der Waals surface area contributed by atoms with E-state index in [0.29, 0.717) is 19.2 Å². The fourth-order valence-corrected chi connectivity index (χ4v) is 1.59. The van der Waals surface area contributed by atoms with Crippen LogP contribution in [0.5, 0.6) is 0 Å². The SMILES string of the molecule is COCCOC(O[Si](C)(C)C)=C(C)C. The standard InChI is InChI=1S/C10H22O3Si/c1-9(2)10(12-8-7-11-3)13-14(4,5)6/h7-8H2,1-6H3. The van der Waals surface area contributed by atoms with Gasteiger partial charge in [-0.1, -0.05) is 0 Å². The van der Waals surface area contributed by atoms with Gasteiger partial charge in [0.1, 0.15) is 6.61 Å². The van der Waals surface area contributed by atoms with Gasteiger partial charge in [0.2, 0.25) is 8.32 Å². The average Bonchev–Trinajstić information content (AvgIpc) is 2.00. The molecule has 0 aliphatic carbocycles. The second-order valence-corrected chi connectivity index (χ2v) is 8.77. The summed E-state index contributed by atoms with van der Waals surface area (Å²) in [6, 6.07) is 0. The molecule has 0 aromatic rings. The summed E-state index contributed by atoms with van der Waals surface area (Å²) in [5, 5.41) is 0. The number of ether oxygens (including phenoxy) is 2. The van der Waals surface area contributed by atoms with Crippen LogP contribution in [0.15, 0.2) is 11.5 Å². The lowest BCUT2D eigenvalue weighted by Gasteiger charge is -2.22. The molecule has 0 aliphatic rings. The minimum absolute atomic E-state index is 0.543. The van der Waals surface area contributed by atoms with Crippen LogP contribution in [-0.4, -0.2) is 28.6 Å². The Labute approximate surface area is 88.2 Å². The summed E-state index contributed by atoms with van der Waals surface area (Å²) < 4.78 is 16.2. The molecule has 0 aromatic heterocycles. The summed E-state index contributed by atoms with van der Waals surface area (Å²) in [6.45, 7) is 11.5. The highest BCUT2D eigenvalue weighted by Crippen LogP contribution is 2.14. The van der Waals surface area contributed by atoms with E-state index in [2.05, 4.69) is 19.6 Å². The van der Waals surface area contributed by atoms with Crippen molar-refractivity contribution in [3.8, 4) is 0 Å². The molecular formula is C10H22O3Si. The van der Waals surface area contributed by atoms with Crippen LogP contribution in [0, 0.1) is 0 Å². The molecule has 0 unspecified atom stereocenters. The van der Waals surface area contributed by atoms with Crippen LogP contribution >= 0.6 is 0 Å². The van der Waals surface area contributed by atoms with Gasteiger partial charge in [-0.05, 0) is 33.5 Å². The smallest absolute Gasteiger partial charge is 0.263 e. The van der Waals surface area contributed by atoms with Crippen molar-refractivity contribution in [3.05, 3.63) is 11.5 Å². The maximum atomic E-state index is 5.79. The van der Waals surface area contributed by atoms with E-state index in [1.54, 1.807) is 7.11 Å². The second-order valence-electron chi connectivity index (χ2n) is 4.34. The van der Waals surface area contributed by atoms with Crippen LogP contribution in [0.1, 0.15) is 13.8 Å². The molecule has 0 aliphatic heterocycles. The number of hydrogen-bond acceptors (Lipinski definition) is 3. The van der Waals surface area contributed by atoms with Gasteiger partial charge in [-0.2, -0.15) is 0 Å². The van der Waals surface area contributed by atoms with Gasteiger partial charge in [0.15, 0.2) is 0 Å². The Balaban J connectivity index is 4.13. The first-order chi connectivity index (χ1) is 6.37. The lowest BCUT2D eigenvalue weighted by molar-refractivity contribution is 0.0553. The minimum Gasteiger partial charge on any atom is -0.520 e. The monoisotopic (exact) mass is 218 g/mol. The predicted molar refractivity (Wildman–Crippen MR) is 60.6 cm³/mol. The van der Waals surface area contributed by atoms with Gasteiger partial charge < -0.3 is 13.9 Å². The van der Waals surface area contributed by atoms with E-state index in [9.17, 15) is 0 Å². The molecule has 84 valence electrons. The van der Waals surface area contributed by atoms with Gasteiger partial charge in [-0.15, -0.1) is 0 Å². The summed E-state index contributed by atoms with van der Waals surface area (Å²) >= 11 is 0.